The Morgan fingerprint density at radius 2 is 1.97 bits per heavy atom. The molecule has 2 aromatic carbocycles. The quantitative estimate of drug-likeness (QED) is 0.392. The lowest BCUT2D eigenvalue weighted by molar-refractivity contribution is 0.107. The highest BCUT2D eigenvalue weighted by Gasteiger charge is 2.22. The number of aromatic amines is 1. The van der Waals surface area contributed by atoms with Crippen molar-refractivity contribution in [2.75, 3.05) is 12.4 Å². The molecule has 8 heteroatoms. The second-order valence-corrected chi connectivity index (χ2v) is 7.98. The van der Waals surface area contributed by atoms with Gasteiger partial charge in [0, 0.05) is 5.75 Å². The number of para-hydroxylation sites is 2. The number of rotatable bonds is 5. The molecule has 7 nitrogen and oxygen atoms in total. The molecule has 1 aliphatic rings. The summed E-state index contributed by atoms with van der Waals surface area (Å²) in [5.74, 6) is 2.08. The van der Waals surface area contributed by atoms with Gasteiger partial charge in [0.1, 0.15) is 18.1 Å². The highest BCUT2D eigenvalue weighted by atomic mass is 32.2. The van der Waals surface area contributed by atoms with Crippen molar-refractivity contribution in [3.8, 4) is 17.2 Å². The predicted molar refractivity (Wildman–Crippen MR) is 116 cm³/mol. The first-order chi connectivity index (χ1) is 14.7. The zero-order valence-electron chi connectivity index (χ0n) is 16.4. The van der Waals surface area contributed by atoms with Gasteiger partial charge in [0.05, 0.1) is 11.9 Å². The Morgan fingerprint density at radius 1 is 1.17 bits per heavy atom. The Labute approximate surface area is 177 Å². The lowest BCUT2D eigenvalue weighted by atomic mass is 10.1. The van der Waals surface area contributed by atoms with Gasteiger partial charge >= 0.3 is 0 Å². The summed E-state index contributed by atoms with van der Waals surface area (Å²) < 4.78 is 13.5. The number of hydrogen-bond donors (Lipinski definition) is 1. The van der Waals surface area contributed by atoms with E-state index in [-0.39, 0.29) is 11.7 Å². The van der Waals surface area contributed by atoms with E-state index in [4.69, 9.17) is 9.47 Å². The second kappa shape index (κ2) is 7.87. The number of aryl methyl sites for hydroxylation is 1. The number of aromatic nitrogens is 4. The number of H-pyrrole nitrogens is 1. The number of thioether (sulfide) groups is 1. The molecule has 3 heterocycles. The predicted octanol–water partition coefficient (Wildman–Crippen LogP) is 3.60. The molecule has 0 bridgehead atoms. The van der Waals surface area contributed by atoms with Crippen LogP contribution in [0.2, 0.25) is 0 Å². The van der Waals surface area contributed by atoms with E-state index in [9.17, 15) is 4.79 Å². The van der Waals surface area contributed by atoms with Gasteiger partial charge < -0.3 is 9.47 Å². The maximum atomic E-state index is 13.2. The molecule has 0 fully saturated rings. The van der Waals surface area contributed by atoms with Gasteiger partial charge in [-0.3, -0.25) is 14.5 Å². The molecule has 1 unspecified atom stereocenters. The number of fused-ring (bicyclic) bond motifs is 2. The summed E-state index contributed by atoms with van der Waals surface area (Å²) in [4.78, 5) is 17.8. The average molecular weight is 420 g/mol. The van der Waals surface area contributed by atoms with Crippen molar-refractivity contribution in [2.45, 2.75) is 24.6 Å². The molecule has 0 saturated carbocycles. The van der Waals surface area contributed by atoms with E-state index in [0.29, 0.717) is 28.5 Å². The molecule has 30 heavy (non-hydrogen) atoms. The topological polar surface area (TPSA) is 82.0 Å². The van der Waals surface area contributed by atoms with Crippen LogP contribution in [0.1, 0.15) is 12.5 Å². The summed E-state index contributed by atoms with van der Waals surface area (Å²) >= 11 is 1.46. The van der Waals surface area contributed by atoms with E-state index >= 15 is 0 Å². The molecule has 1 aliphatic heterocycles. The molecule has 2 aromatic heterocycles. The Bertz CT molecular complexity index is 1250. The molecule has 0 amide bonds. The first-order valence-corrected chi connectivity index (χ1v) is 10.8. The van der Waals surface area contributed by atoms with Crippen LogP contribution in [-0.2, 0) is 6.42 Å². The third-order valence-electron chi connectivity index (χ3n) is 5.02. The van der Waals surface area contributed by atoms with E-state index in [1.54, 1.807) is 4.57 Å². The second-order valence-electron chi connectivity index (χ2n) is 7.00. The van der Waals surface area contributed by atoms with E-state index in [1.807, 2.05) is 48.5 Å². The maximum Gasteiger partial charge on any atom is 0.269 e. The van der Waals surface area contributed by atoms with E-state index < -0.39 is 0 Å². The van der Waals surface area contributed by atoms with Gasteiger partial charge in [-0.05, 0) is 36.2 Å². The lowest BCUT2D eigenvalue weighted by Gasteiger charge is -2.26. The van der Waals surface area contributed by atoms with Gasteiger partial charge in [-0.25, -0.2) is 4.98 Å². The van der Waals surface area contributed by atoms with E-state index in [1.165, 1.54) is 23.5 Å². The minimum absolute atomic E-state index is 0.143. The van der Waals surface area contributed by atoms with Crippen LogP contribution in [0.4, 0.5) is 0 Å². The standard InChI is InChI=1S/C22H20N4O3S/c1-2-14-7-9-15(10-8-14)26-21(27)17-11-23-25-20(17)24-22(26)30-13-16-12-28-18-5-3-4-6-19(18)29-16/h3-11,16H,2,12-13H2,1H3,(H,23,25). The third-order valence-corrected chi connectivity index (χ3v) is 6.09. The summed E-state index contributed by atoms with van der Waals surface area (Å²) in [5, 5.41) is 7.84. The first kappa shape index (κ1) is 18.7. The number of benzene rings is 2. The zero-order chi connectivity index (χ0) is 20.5. The molecule has 0 spiro atoms. The number of nitrogens with zero attached hydrogens (tertiary/aromatic N) is 3. The van der Waals surface area contributed by atoms with Gasteiger partial charge in [-0.2, -0.15) is 5.10 Å². The van der Waals surface area contributed by atoms with Crippen molar-refractivity contribution >= 4 is 22.8 Å². The monoisotopic (exact) mass is 420 g/mol. The molecule has 1 N–H and O–H groups in total. The van der Waals surface area contributed by atoms with Crippen LogP contribution >= 0.6 is 11.8 Å². The normalized spacial score (nSPS) is 15.4. The fourth-order valence-electron chi connectivity index (χ4n) is 3.39. The van der Waals surface area contributed by atoms with Crippen molar-refractivity contribution in [1.29, 1.82) is 0 Å². The molecular weight excluding hydrogens is 400 g/mol. The fraction of sp³-hybridized carbons (Fsp3) is 0.227. The Kier molecular flexibility index (Phi) is 4.92. The SMILES string of the molecule is CCc1ccc(-n2c(SCC3COc4ccccc4O3)nc3[nH]ncc3c2=O)cc1. The Balaban J connectivity index is 1.46. The van der Waals surface area contributed by atoms with Gasteiger partial charge in [-0.15, -0.1) is 0 Å². The molecule has 0 radical (unpaired) electrons. The smallest absolute Gasteiger partial charge is 0.269 e. The van der Waals surface area contributed by atoms with Crippen molar-refractivity contribution in [3.05, 3.63) is 70.6 Å². The molecule has 0 saturated heterocycles. The Morgan fingerprint density at radius 3 is 2.77 bits per heavy atom. The minimum atomic E-state index is -0.147. The maximum absolute atomic E-state index is 13.2. The van der Waals surface area contributed by atoms with Crippen LogP contribution in [-0.4, -0.2) is 38.2 Å². The number of ether oxygens (including phenoxy) is 2. The van der Waals surface area contributed by atoms with Crippen LogP contribution in [0.3, 0.4) is 0 Å². The zero-order valence-corrected chi connectivity index (χ0v) is 17.2. The third kappa shape index (κ3) is 3.43. The van der Waals surface area contributed by atoms with Gasteiger partial charge in [-0.1, -0.05) is 43.0 Å². The molecule has 0 aliphatic carbocycles. The van der Waals surface area contributed by atoms with Crippen LogP contribution in [0.5, 0.6) is 11.5 Å². The minimum Gasteiger partial charge on any atom is -0.486 e. The largest absolute Gasteiger partial charge is 0.486 e. The summed E-state index contributed by atoms with van der Waals surface area (Å²) in [6.45, 7) is 2.55. The van der Waals surface area contributed by atoms with E-state index in [0.717, 1.165) is 23.6 Å². The van der Waals surface area contributed by atoms with Crippen molar-refractivity contribution in [3.63, 3.8) is 0 Å². The molecular formula is C22H20N4O3S. The fourth-order valence-corrected chi connectivity index (χ4v) is 4.36. The van der Waals surface area contributed by atoms with Gasteiger partial charge in [0.15, 0.2) is 22.3 Å². The lowest BCUT2D eigenvalue weighted by Crippen LogP contribution is -2.31. The van der Waals surface area contributed by atoms with Crippen LogP contribution in [0.15, 0.2) is 64.7 Å². The molecule has 152 valence electrons. The highest BCUT2D eigenvalue weighted by molar-refractivity contribution is 7.99. The van der Waals surface area contributed by atoms with Gasteiger partial charge in [0.2, 0.25) is 0 Å². The van der Waals surface area contributed by atoms with Crippen LogP contribution < -0.4 is 15.0 Å². The van der Waals surface area contributed by atoms with Gasteiger partial charge in [0.25, 0.3) is 5.56 Å². The average Bonchev–Trinajstić information content (AvgIpc) is 3.27. The number of hydrogen-bond acceptors (Lipinski definition) is 6. The summed E-state index contributed by atoms with van der Waals surface area (Å²) in [6, 6.07) is 15.6. The molecule has 1 atom stereocenters. The van der Waals surface area contributed by atoms with Crippen molar-refractivity contribution in [2.24, 2.45) is 0 Å². The highest BCUT2D eigenvalue weighted by Crippen LogP contribution is 2.32. The first-order valence-electron chi connectivity index (χ1n) is 9.79. The van der Waals surface area contributed by atoms with Crippen LogP contribution in [0, 0.1) is 0 Å². The molecule has 5 rings (SSSR count). The van der Waals surface area contributed by atoms with Crippen LogP contribution in [0.25, 0.3) is 16.7 Å². The summed E-state index contributed by atoms with van der Waals surface area (Å²) in [6.07, 6.45) is 2.32. The van der Waals surface area contributed by atoms with Crippen molar-refractivity contribution in [1.82, 2.24) is 19.7 Å². The van der Waals surface area contributed by atoms with Crippen molar-refractivity contribution < 1.29 is 9.47 Å². The summed E-state index contributed by atoms with van der Waals surface area (Å²) in [7, 11) is 0. The summed E-state index contributed by atoms with van der Waals surface area (Å²) in [5.41, 5.74) is 2.33. The van der Waals surface area contributed by atoms with E-state index in [2.05, 4.69) is 22.1 Å². The molecule has 4 aromatic rings. The number of nitrogens with one attached hydrogen (secondary N) is 1. The Hall–Kier alpha value is -3.26.